The summed E-state index contributed by atoms with van der Waals surface area (Å²) in [6.45, 7) is 0. The van der Waals surface area contributed by atoms with Gasteiger partial charge in [0.25, 0.3) is 0 Å². The van der Waals surface area contributed by atoms with Crippen LogP contribution in [0.15, 0.2) is 55.0 Å². The maximum absolute atomic E-state index is 6.31. The molecule has 0 bridgehead atoms. The lowest BCUT2D eigenvalue weighted by Gasteiger charge is -2.04. The predicted octanol–water partition coefficient (Wildman–Crippen LogP) is 3.89. The number of rotatable bonds is 1. The summed E-state index contributed by atoms with van der Waals surface area (Å²) in [6.07, 6.45) is 5.07. The van der Waals surface area contributed by atoms with Crippen LogP contribution < -0.4 is 0 Å². The summed E-state index contributed by atoms with van der Waals surface area (Å²) in [4.78, 5) is 8.98. The molecule has 4 nitrogen and oxygen atoms in total. The van der Waals surface area contributed by atoms with Crippen molar-refractivity contribution in [2.75, 3.05) is 0 Å². The van der Waals surface area contributed by atoms with E-state index in [4.69, 9.17) is 11.6 Å². The zero-order valence-electron chi connectivity index (χ0n) is 10.9. The number of nitrogens with zero attached hydrogens (tertiary/aromatic N) is 4. The molecule has 4 aromatic rings. The lowest BCUT2D eigenvalue weighted by Crippen LogP contribution is -1.84. The Morgan fingerprint density at radius 3 is 2.62 bits per heavy atom. The van der Waals surface area contributed by atoms with Crippen LogP contribution in [0.5, 0.6) is 0 Å². The highest BCUT2D eigenvalue weighted by Gasteiger charge is 2.11. The second-order valence-electron chi connectivity index (χ2n) is 4.62. The maximum Gasteiger partial charge on any atom is 0.0967 e. The summed E-state index contributed by atoms with van der Waals surface area (Å²) in [5, 5.41) is 10.5. The van der Waals surface area contributed by atoms with Crippen LogP contribution in [0.25, 0.3) is 33.1 Å². The largest absolute Gasteiger partial charge is 0.254 e. The van der Waals surface area contributed by atoms with Crippen LogP contribution in [0.2, 0.25) is 5.02 Å². The minimum atomic E-state index is 0.663. The summed E-state index contributed by atoms with van der Waals surface area (Å²) in [6, 6.07) is 11.5. The average molecular weight is 293 g/mol. The summed E-state index contributed by atoms with van der Waals surface area (Å²) in [5.41, 5.74) is 3.33. The molecule has 0 radical (unpaired) electrons. The predicted molar refractivity (Wildman–Crippen MR) is 83.1 cm³/mol. The Labute approximate surface area is 125 Å². The highest BCUT2D eigenvalue weighted by atomic mass is 35.5. The van der Waals surface area contributed by atoms with Gasteiger partial charge in [-0.05, 0) is 18.2 Å². The van der Waals surface area contributed by atoms with E-state index in [2.05, 4.69) is 20.2 Å². The van der Waals surface area contributed by atoms with Gasteiger partial charge in [-0.2, -0.15) is 10.2 Å². The molecule has 0 N–H and O–H groups in total. The molecule has 0 aliphatic heterocycles. The van der Waals surface area contributed by atoms with Crippen molar-refractivity contribution in [1.82, 2.24) is 20.2 Å². The molecule has 0 amide bonds. The number of hydrogen-bond acceptors (Lipinski definition) is 4. The fourth-order valence-electron chi connectivity index (χ4n) is 2.44. The molecule has 0 spiro atoms. The number of halogens is 1. The van der Waals surface area contributed by atoms with Crippen LogP contribution in [0.3, 0.4) is 0 Å². The first-order chi connectivity index (χ1) is 10.3. The second-order valence-corrected chi connectivity index (χ2v) is 5.03. The summed E-state index contributed by atoms with van der Waals surface area (Å²) in [7, 11) is 0. The van der Waals surface area contributed by atoms with Crippen molar-refractivity contribution in [3.63, 3.8) is 0 Å². The van der Waals surface area contributed by atoms with Gasteiger partial charge in [-0.15, -0.1) is 0 Å². The highest BCUT2D eigenvalue weighted by Crippen LogP contribution is 2.32. The third-order valence-electron chi connectivity index (χ3n) is 3.40. The number of benzene rings is 2. The zero-order chi connectivity index (χ0) is 14.2. The van der Waals surface area contributed by atoms with Crippen LogP contribution in [-0.2, 0) is 0 Å². The van der Waals surface area contributed by atoms with E-state index in [1.807, 2.05) is 36.4 Å². The van der Waals surface area contributed by atoms with Gasteiger partial charge in [0.15, 0.2) is 0 Å². The molecule has 0 atom stereocenters. The summed E-state index contributed by atoms with van der Waals surface area (Å²) >= 11 is 6.31. The van der Waals surface area contributed by atoms with E-state index in [9.17, 15) is 0 Å². The van der Waals surface area contributed by atoms with Gasteiger partial charge in [-0.25, -0.2) is 0 Å². The highest BCUT2D eigenvalue weighted by molar-refractivity contribution is 6.33. The third kappa shape index (κ3) is 1.92. The normalized spacial score (nSPS) is 11.1. The molecule has 0 unspecified atom stereocenters. The van der Waals surface area contributed by atoms with Crippen molar-refractivity contribution < 1.29 is 0 Å². The molecule has 0 aliphatic carbocycles. The Balaban J connectivity index is 2.18. The first-order valence-corrected chi connectivity index (χ1v) is 6.82. The van der Waals surface area contributed by atoms with E-state index in [0.717, 1.165) is 33.1 Å². The third-order valence-corrected chi connectivity index (χ3v) is 3.73. The lowest BCUT2D eigenvalue weighted by atomic mass is 10.1. The van der Waals surface area contributed by atoms with Gasteiger partial charge in [0, 0.05) is 33.8 Å². The minimum Gasteiger partial charge on any atom is -0.254 e. The van der Waals surface area contributed by atoms with Gasteiger partial charge in [-0.3, -0.25) is 9.97 Å². The van der Waals surface area contributed by atoms with E-state index < -0.39 is 0 Å². The lowest BCUT2D eigenvalue weighted by molar-refractivity contribution is 1.12. The monoisotopic (exact) mass is 292 g/mol. The SMILES string of the molecule is Clc1ccccc1-c1nccnc2c1ccc1nncc12. The van der Waals surface area contributed by atoms with Crippen LogP contribution in [0.1, 0.15) is 0 Å². The molecule has 21 heavy (non-hydrogen) atoms. The fourth-order valence-corrected chi connectivity index (χ4v) is 2.67. The Kier molecular flexibility index (Phi) is 2.75. The molecular weight excluding hydrogens is 284 g/mol. The minimum absolute atomic E-state index is 0.663. The molecule has 5 heteroatoms. The van der Waals surface area contributed by atoms with E-state index in [-0.39, 0.29) is 0 Å². The Hall–Kier alpha value is -2.59. The maximum atomic E-state index is 6.31. The standard InChI is InChI=1S/C16H9ClN4/c17-13-4-2-1-3-10(13)15-11-5-6-14-12(9-20-21-14)16(11)19-8-7-18-15/h1-9H. The Morgan fingerprint density at radius 2 is 1.71 bits per heavy atom. The fraction of sp³-hybridized carbons (Fsp3) is 0. The molecule has 0 fully saturated rings. The number of fused-ring (bicyclic) bond motifs is 3. The van der Waals surface area contributed by atoms with Crippen molar-refractivity contribution in [2.24, 2.45) is 0 Å². The van der Waals surface area contributed by atoms with Gasteiger partial charge in [0.1, 0.15) is 0 Å². The van der Waals surface area contributed by atoms with Gasteiger partial charge >= 0.3 is 0 Å². The molecule has 2 aromatic carbocycles. The van der Waals surface area contributed by atoms with E-state index >= 15 is 0 Å². The molecule has 4 rings (SSSR count). The van der Waals surface area contributed by atoms with Crippen LogP contribution >= 0.6 is 11.6 Å². The van der Waals surface area contributed by atoms with E-state index in [1.54, 1.807) is 18.6 Å². The van der Waals surface area contributed by atoms with Gasteiger partial charge in [-0.1, -0.05) is 29.8 Å². The zero-order valence-corrected chi connectivity index (χ0v) is 11.6. The Morgan fingerprint density at radius 1 is 0.857 bits per heavy atom. The van der Waals surface area contributed by atoms with Crippen LogP contribution in [0.4, 0.5) is 0 Å². The van der Waals surface area contributed by atoms with Crippen LogP contribution in [0, 0.1) is 0 Å². The molecule has 0 saturated heterocycles. The van der Waals surface area contributed by atoms with Gasteiger partial charge in [0.05, 0.1) is 22.9 Å². The van der Waals surface area contributed by atoms with Crippen molar-refractivity contribution in [1.29, 1.82) is 0 Å². The molecule has 2 aromatic heterocycles. The molecule has 2 heterocycles. The first kappa shape index (κ1) is 12.2. The average Bonchev–Trinajstić information content (AvgIpc) is 2.88. The Bertz CT molecular complexity index is 968. The van der Waals surface area contributed by atoms with Crippen LogP contribution in [-0.4, -0.2) is 20.2 Å². The number of hydrogen-bond donors (Lipinski definition) is 0. The van der Waals surface area contributed by atoms with E-state index in [1.165, 1.54) is 0 Å². The summed E-state index contributed by atoms with van der Waals surface area (Å²) in [5.74, 6) is 0. The summed E-state index contributed by atoms with van der Waals surface area (Å²) < 4.78 is 0. The molecular formula is C16H9ClN4. The van der Waals surface area contributed by atoms with Gasteiger partial charge in [0.2, 0.25) is 0 Å². The topological polar surface area (TPSA) is 51.6 Å². The molecule has 0 aliphatic rings. The van der Waals surface area contributed by atoms with Crippen molar-refractivity contribution >= 4 is 33.4 Å². The van der Waals surface area contributed by atoms with Crippen molar-refractivity contribution in [3.8, 4) is 11.3 Å². The first-order valence-electron chi connectivity index (χ1n) is 6.44. The van der Waals surface area contributed by atoms with Gasteiger partial charge < -0.3 is 0 Å². The second kappa shape index (κ2) is 4.75. The van der Waals surface area contributed by atoms with Crippen molar-refractivity contribution in [2.45, 2.75) is 0 Å². The smallest absolute Gasteiger partial charge is 0.0967 e. The number of aromatic nitrogens is 4. The molecule has 0 saturated carbocycles. The quantitative estimate of drug-likeness (QED) is 0.534. The van der Waals surface area contributed by atoms with Crippen molar-refractivity contribution in [3.05, 3.63) is 60.0 Å². The molecule has 100 valence electrons. The van der Waals surface area contributed by atoms with E-state index in [0.29, 0.717) is 5.02 Å².